The Balaban J connectivity index is 2.83. The molecule has 0 saturated carbocycles. The average Bonchev–Trinajstić information content (AvgIpc) is 2.27. The lowest BCUT2D eigenvalue weighted by molar-refractivity contribution is 0.347. The first-order valence-corrected chi connectivity index (χ1v) is 6.63. The van der Waals surface area contributed by atoms with Gasteiger partial charge in [0.05, 0.1) is 0 Å². The van der Waals surface area contributed by atoms with Crippen molar-refractivity contribution in [2.24, 2.45) is 5.73 Å². The molecular weight excluding hydrogens is 278 g/mol. The molecule has 0 amide bonds. The summed E-state index contributed by atoms with van der Waals surface area (Å²) in [6.45, 7) is 8.44. The topological polar surface area (TPSA) is 35.2 Å². The largest absolute Gasteiger partial charge is 0.489 e. The van der Waals surface area contributed by atoms with E-state index in [1.165, 1.54) is 0 Å². The van der Waals surface area contributed by atoms with Gasteiger partial charge in [-0.15, -0.1) is 0 Å². The van der Waals surface area contributed by atoms with Crippen LogP contribution < -0.4 is 10.5 Å². The van der Waals surface area contributed by atoms with Crippen LogP contribution in [0.2, 0.25) is 0 Å². The van der Waals surface area contributed by atoms with Crippen molar-refractivity contribution in [3.05, 3.63) is 40.4 Å². The number of halogens is 1. The maximum Gasteiger partial charge on any atom is 0.123 e. The van der Waals surface area contributed by atoms with E-state index in [9.17, 15) is 0 Å². The third-order valence-corrected chi connectivity index (χ3v) is 3.00. The average molecular weight is 298 g/mol. The Morgan fingerprint density at radius 3 is 2.82 bits per heavy atom. The molecule has 0 spiro atoms. The normalized spacial score (nSPS) is 12.2. The van der Waals surface area contributed by atoms with Gasteiger partial charge in [0.2, 0.25) is 0 Å². The van der Waals surface area contributed by atoms with Gasteiger partial charge in [-0.1, -0.05) is 29.4 Å². The Hall–Kier alpha value is -0.800. The second kappa shape index (κ2) is 6.82. The summed E-state index contributed by atoms with van der Waals surface area (Å²) >= 11 is 3.47. The molecule has 0 heterocycles. The van der Waals surface area contributed by atoms with Gasteiger partial charge in [0.25, 0.3) is 0 Å². The van der Waals surface area contributed by atoms with Gasteiger partial charge in [-0.25, -0.2) is 0 Å². The summed E-state index contributed by atoms with van der Waals surface area (Å²) in [4.78, 5) is 0. The van der Waals surface area contributed by atoms with Crippen molar-refractivity contribution in [1.29, 1.82) is 0 Å². The summed E-state index contributed by atoms with van der Waals surface area (Å²) in [6, 6.07) is 6.21. The van der Waals surface area contributed by atoms with Crippen molar-refractivity contribution in [3.8, 4) is 5.75 Å². The third kappa shape index (κ3) is 4.92. The maximum absolute atomic E-state index is 5.99. The Morgan fingerprint density at radius 2 is 2.24 bits per heavy atom. The second-order valence-corrected chi connectivity index (χ2v) is 5.29. The highest BCUT2D eigenvalue weighted by Gasteiger charge is 2.08. The molecule has 17 heavy (non-hydrogen) atoms. The molecule has 0 aliphatic carbocycles. The molecule has 1 unspecified atom stereocenters. The molecule has 0 aliphatic rings. The predicted molar refractivity (Wildman–Crippen MR) is 76.4 cm³/mol. The quantitative estimate of drug-likeness (QED) is 0.813. The zero-order valence-electron chi connectivity index (χ0n) is 10.5. The molecule has 0 radical (unpaired) electrons. The van der Waals surface area contributed by atoms with Crippen LogP contribution in [0.1, 0.15) is 25.8 Å². The van der Waals surface area contributed by atoms with Crippen LogP contribution >= 0.6 is 15.9 Å². The minimum Gasteiger partial charge on any atom is -0.489 e. The van der Waals surface area contributed by atoms with Crippen LogP contribution in [0.5, 0.6) is 5.75 Å². The first kappa shape index (κ1) is 14.3. The second-order valence-electron chi connectivity index (χ2n) is 4.37. The van der Waals surface area contributed by atoms with Crippen molar-refractivity contribution >= 4 is 15.9 Å². The van der Waals surface area contributed by atoms with E-state index >= 15 is 0 Å². The summed E-state index contributed by atoms with van der Waals surface area (Å²) in [5.74, 6) is 0.903. The zero-order valence-corrected chi connectivity index (χ0v) is 12.1. The molecule has 0 aliphatic heterocycles. The minimum atomic E-state index is 0.177. The lowest BCUT2D eigenvalue weighted by Gasteiger charge is -2.15. The fourth-order valence-corrected chi connectivity index (χ4v) is 1.88. The molecule has 2 N–H and O–H groups in total. The van der Waals surface area contributed by atoms with E-state index in [1.54, 1.807) is 0 Å². The summed E-state index contributed by atoms with van der Waals surface area (Å²) in [5.41, 5.74) is 8.15. The number of rotatable bonds is 6. The van der Waals surface area contributed by atoms with Crippen molar-refractivity contribution < 1.29 is 4.74 Å². The summed E-state index contributed by atoms with van der Waals surface area (Å²) < 4.78 is 6.78. The van der Waals surface area contributed by atoms with Crippen LogP contribution in [0.4, 0.5) is 0 Å². The molecule has 3 heteroatoms. The number of hydrogen-bond donors (Lipinski definition) is 1. The standard InChI is InChI=1S/C14H20BrNO/c1-4-13(16)8-11-7-12(15)5-6-14(11)17-9-10(2)3/h5-7,13H,2,4,8-9,16H2,1,3H3. The highest BCUT2D eigenvalue weighted by atomic mass is 79.9. The van der Waals surface area contributed by atoms with Gasteiger partial charge < -0.3 is 10.5 Å². The van der Waals surface area contributed by atoms with E-state index in [4.69, 9.17) is 10.5 Å². The number of hydrogen-bond acceptors (Lipinski definition) is 2. The zero-order chi connectivity index (χ0) is 12.8. The van der Waals surface area contributed by atoms with Gasteiger partial charge in [-0.05, 0) is 49.1 Å². The van der Waals surface area contributed by atoms with E-state index in [2.05, 4.69) is 35.5 Å². The van der Waals surface area contributed by atoms with Gasteiger partial charge in [-0.3, -0.25) is 0 Å². The molecule has 2 nitrogen and oxygen atoms in total. The summed E-state index contributed by atoms with van der Waals surface area (Å²) in [7, 11) is 0. The van der Waals surface area contributed by atoms with Gasteiger partial charge >= 0.3 is 0 Å². The monoisotopic (exact) mass is 297 g/mol. The first-order chi connectivity index (χ1) is 8.02. The Morgan fingerprint density at radius 1 is 1.53 bits per heavy atom. The Bertz CT molecular complexity index is 390. The molecule has 0 aromatic heterocycles. The van der Waals surface area contributed by atoms with Crippen LogP contribution in [0.3, 0.4) is 0 Å². The lowest BCUT2D eigenvalue weighted by Crippen LogP contribution is -2.21. The van der Waals surface area contributed by atoms with E-state index in [1.807, 2.05) is 19.1 Å². The molecule has 0 saturated heterocycles. The molecular formula is C14H20BrNO. The number of ether oxygens (including phenoxy) is 1. The van der Waals surface area contributed by atoms with Gasteiger partial charge in [0.15, 0.2) is 0 Å². The highest BCUT2D eigenvalue weighted by Crippen LogP contribution is 2.25. The maximum atomic E-state index is 5.99. The number of nitrogens with two attached hydrogens (primary N) is 1. The first-order valence-electron chi connectivity index (χ1n) is 5.84. The molecule has 1 atom stereocenters. The smallest absolute Gasteiger partial charge is 0.123 e. The van der Waals surface area contributed by atoms with E-state index in [-0.39, 0.29) is 6.04 Å². The molecule has 1 rings (SSSR count). The fourth-order valence-electron chi connectivity index (χ4n) is 1.48. The van der Waals surface area contributed by atoms with E-state index in [0.717, 1.165) is 34.2 Å². The molecule has 0 fully saturated rings. The van der Waals surface area contributed by atoms with E-state index < -0.39 is 0 Å². The van der Waals surface area contributed by atoms with Crippen molar-refractivity contribution in [1.82, 2.24) is 0 Å². The lowest BCUT2D eigenvalue weighted by atomic mass is 10.0. The molecule has 0 bridgehead atoms. The molecule has 1 aromatic carbocycles. The third-order valence-electron chi connectivity index (χ3n) is 2.50. The highest BCUT2D eigenvalue weighted by molar-refractivity contribution is 9.10. The fraction of sp³-hybridized carbons (Fsp3) is 0.429. The van der Waals surface area contributed by atoms with Crippen LogP contribution in [0.15, 0.2) is 34.8 Å². The minimum absolute atomic E-state index is 0.177. The number of benzene rings is 1. The van der Waals surface area contributed by atoms with E-state index in [0.29, 0.717) is 6.61 Å². The SMILES string of the molecule is C=C(C)COc1ccc(Br)cc1CC(N)CC. The van der Waals surface area contributed by atoms with Crippen LogP contribution in [-0.4, -0.2) is 12.6 Å². The van der Waals surface area contributed by atoms with Gasteiger partial charge in [-0.2, -0.15) is 0 Å². The van der Waals surface area contributed by atoms with Crippen LogP contribution in [0.25, 0.3) is 0 Å². The Labute approximate surface area is 112 Å². The van der Waals surface area contributed by atoms with Gasteiger partial charge in [0.1, 0.15) is 12.4 Å². The van der Waals surface area contributed by atoms with Crippen molar-refractivity contribution in [2.45, 2.75) is 32.7 Å². The predicted octanol–water partition coefficient (Wildman–Crippen LogP) is 3.68. The Kier molecular flexibility index (Phi) is 5.72. The van der Waals surface area contributed by atoms with Crippen molar-refractivity contribution in [3.63, 3.8) is 0 Å². The van der Waals surface area contributed by atoms with Crippen LogP contribution in [-0.2, 0) is 6.42 Å². The van der Waals surface area contributed by atoms with Crippen LogP contribution in [0, 0.1) is 0 Å². The van der Waals surface area contributed by atoms with Gasteiger partial charge in [0, 0.05) is 10.5 Å². The van der Waals surface area contributed by atoms with Crippen molar-refractivity contribution in [2.75, 3.05) is 6.61 Å². The summed E-state index contributed by atoms with van der Waals surface area (Å²) in [6.07, 6.45) is 1.80. The summed E-state index contributed by atoms with van der Waals surface area (Å²) in [5, 5.41) is 0. The molecule has 94 valence electrons. The molecule has 1 aromatic rings.